The van der Waals surface area contributed by atoms with Crippen molar-refractivity contribution in [3.63, 3.8) is 0 Å². The number of halogens is 1. The third kappa shape index (κ3) is 3.70. The lowest BCUT2D eigenvalue weighted by Gasteiger charge is -2.19. The minimum atomic E-state index is -0.0900. The zero-order valence-electron chi connectivity index (χ0n) is 11.9. The molecule has 3 heteroatoms. The Kier molecular flexibility index (Phi) is 4.29. The summed E-state index contributed by atoms with van der Waals surface area (Å²) < 4.78 is 0.991. The molecule has 0 spiro atoms. The molecular formula is C17H18BrNO. The van der Waals surface area contributed by atoms with Gasteiger partial charge in [-0.25, -0.2) is 0 Å². The monoisotopic (exact) mass is 331 g/mol. The molecule has 0 bridgehead atoms. The summed E-state index contributed by atoms with van der Waals surface area (Å²) in [4.78, 5) is 12.1. The van der Waals surface area contributed by atoms with Crippen LogP contribution in [-0.4, -0.2) is 5.91 Å². The van der Waals surface area contributed by atoms with E-state index >= 15 is 0 Å². The number of hydrogen-bond donors (Lipinski definition) is 1. The Morgan fingerprint density at radius 1 is 0.950 bits per heavy atom. The van der Waals surface area contributed by atoms with Crippen LogP contribution >= 0.6 is 15.9 Å². The minimum absolute atomic E-state index is 0.0900. The van der Waals surface area contributed by atoms with E-state index < -0.39 is 0 Å². The van der Waals surface area contributed by atoms with Crippen molar-refractivity contribution in [2.45, 2.75) is 26.2 Å². The third-order valence-electron chi connectivity index (χ3n) is 3.12. The average molecular weight is 332 g/mol. The first-order valence-electron chi connectivity index (χ1n) is 6.54. The highest BCUT2D eigenvalue weighted by atomic mass is 79.9. The van der Waals surface area contributed by atoms with Gasteiger partial charge in [0.2, 0.25) is 0 Å². The molecule has 0 unspecified atom stereocenters. The van der Waals surface area contributed by atoms with Gasteiger partial charge in [-0.15, -0.1) is 0 Å². The predicted molar refractivity (Wildman–Crippen MR) is 87.2 cm³/mol. The summed E-state index contributed by atoms with van der Waals surface area (Å²) >= 11 is 3.37. The molecule has 1 N–H and O–H groups in total. The fraction of sp³-hybridized carbons (Fsp3) is 0.235. The molecule has 104 valence electrons. The quantitative estimate of drug-likeness (QED) is 0.824. The van der Waals surface area contributed by atoms with Gasteiger partial charge in [-0.3, -0.25) is 4.79 Å². The van der Waals surface area contributed by atoms with Gasteiger partial charge < -0.3 is 5.32 Å². The normalized spacial score (nSPS) is 11.2. The van der Waals surface area contributed by atoms with Crippen LogP contribution in [0.5, 0.6) is 0 Å². The topological polar surface area (TPSA) is 29.1 Å². The number of nitrogens with one attached hydrogen (secondary N) is 1. The number of benzene rings is 2. The molecule has 0 fully saturated rings. The molecule has 2 rings (SSSR count). The molecule has 0 saturated heterocycles. The van der Waals surface area contributed by atoms with Crippen LogP contribution in [0, 0.1) is 0 Å². The van der Waals surface area contributed by atoms with Crippen molar-refractivity contribution < 1.29 is 4.79 Å². The van der Waals surface area contributed by atoms with Gasteiger partial charge in [-0.1, -0.05) is 48.8 Å². The molecule has 0 aliphatic rings. The summed E-state index contributed by atoms with van der Waals surface area (Å²) in [6.07, 6.45) is 0. The summed E-state index contributed by atoms with van der Waals surface area (Å²) in [6.45, 7) is 6.47. The molecule has 0 atom stereocenters. The van der Waals surface area contributed by atoms with E-state index in [1.54, 1.807) is 0 Å². The van der Waals surface area contributed by atoms with Gasteiger partial charge in [-0.2, -0.15) is 0 Å². The fourth-order valence-corrected chi connectivity index (χ4v) is 2.12. The molecule has 0 radical (unpaired) electrons. The van der Waals surface area contributed by atoms with Crippen molar-refractivity contribution in [2.24, 2.45) is 0 Å². The van der Waals surface area contributed by atoms with Gasteiger partial charge in [0.15, 0.2) is 0 Å². The number of carbonyl (C=O) groups excluding carboxylic acids is 1. The van der Waals surface area contributed by atoms with Crippen molar-refractivity contribution in [1.82, 2.24) is 0 Å². The highest BCUT2D eigenvalue weighted by Gasteiger charge is 2.14. The Morgan fingerprint density at radius 3 is 2.00 bits per heavy atom. The summed E-state index contributed by atoms with van der Waals surface area (Å²) in [5.41, 5.74) is 2.78. The molecule has 2 nitrogen and oxygen atoms in total. The number of anilines is 1. The van der Waals surface area contributed by atoms with Crippen LogP contribution in [0.25, 0.3) is 0 Å². The first-order valence-corrected chi connectivity index (χ1v) is 7.33. The Hall–Kier alpha value is -1.61. The minimum Gasteiger partial charge on any atom is -0.322 e. The van der Waals surface area contributed by atoms with Crippen LogP contribution in [-0.2, 0) is 5.41 Å². The highest BCUT2D eigenvalue weighted by molar-refractivity contribution is 9.10. The molecular weight excluding hydrogens is 314 g/mol. The molecule has 0 heterocycles. The van der Waals surface area contributed by atoms with Crippen molar-refractivity contribution in [3.05, 3.63) is 64.1 Å². The first kappa shape index (κ1) is 14.8. The van der Waals surface area contributed by atoms with Gasteiger partial charge >= 0.3 is 0 Å². The van der Waals surface area contributed by atoms with Crippen LogP contribution < -0.4 is 5.32 Å². The van der Waals surface area contributed by atoms with Crippen molar-refractivity contribution >= 4 is 27.5 Å². The summed E-state index contributed by atoms with van der Waals surface area (Å²) in [7, 11) is 0. The first-order chi connectivity index (χ1) is 9.36. The molecule has 2 aromatic carbocycles. The van der Waals surface area contributed by atoms with Gasteiger partial charge in [-0.05, 0) is 47.4 Å². The second-order valence-electron chi connectivity index (χ2n) is 5.79. The van der Waals surface area contributed by atoms with Crippen LogP contribution in [0.15, 0.2) is 53.0 Å². The molecule has 20 heavy (non-hydrogen) atoms. The zero-order chi connectivity index (χ0) is 14.8. The van der Waals surface area contributed by atoms with Crippen molar-refractivity contribution in [1.29, 1.82) is 0 Å². The van der Waals surface area contributed by atoms with Gasteiger partial charge in [0.05, 0.1) is 0 Å². The lowest BCUT2D eigenvalue weighted by molar-refractivity contribution is 0.102. The lowest BCUT2D eigenvalue weighted by atomic mass is 9.87. The largest absolute Gasteiger partial charge is 0.322 e. The summed E-state index contributed by atoms with van der Waals surface area (Å²) in [5, 5.41) is 2.88. The van der Waals surface area contributed by atoms with Gasteiger partial charge in [0.1, 0.15) is 0 Å². The summed E-state index contributed by atoms with van der Waals surface area (Å²) in [6, 6.07) is 15.3. The van der Waals surface area contributed by atoms with E-state index in [9.17, 15) is 4.79 Å². The standard InChI is InChI=1S/C17H18BrNO/c1-17(2,3)13-6-4-12(5-7-13)16(20)19-15-10-8-14(18)9-11-15/h4-11H,1-3H3,(H,19,20). The van der Waals surface area contributed by atoms with E-state index in [2.05, 4.69) is 42.0 Å². The highest BCUT2D eigenvalue weighted by Crippen LogP contribution is 2.22. The predicted octanol–water partition coefficient (Wildman–Crippen LogP) is 5.00. The Bertz CT molecular complexity index is 594. The maximum atomic E-state index is 12.1. The molecule has 0 aliphatic heterocycles. The number of amides is 1. The number of carbonyl (C=O) groups is 1. The zero-order valence-corrected chi connectivity index (χ0v) is 13.5. The Balaban J connectivity index is 2.11. The van der Waals surface area contributed by atoms with E-state index in [1.165, 1.54) is 5.56 Å². The van der Waals surface area contributed by atoms with Crippen LogP contribution in [0.1, 0.15) is 36.7 Å². The number of hydrogen-bond acceptors (Lipinski definition) is 1. The molecule has 0 aliphatic carbocycles. The van der Waals surface area contributed by atoms with Crippen molar-refractivity contribution in [2.75, 3.05) is 5.32 Å². The molecule has 2 aromatic rings. The third-order valence-corrected chi connectivity index (χ3v) is 3.64. The molecule has 1 amide bonds. The van der Waals surface area contributed by atoms with Gasteiger partial charge in [0, 0.05) is 15.7 Å². The van der Waals surface area contributed by atoms with Crippen LogP contribution in [0.2, 0.25) is 0 Å². The summed E-state index contributed by atoms with van der Waals surface area (Å²) in [5.74, 6) is -0.0900. The van der Waals surface area contributed by atoms with E-state index in [0.29, 0.717) is 5.56 Å². The van der Waals surface area contributed by atoms with Crippen molar-refractivity contribution in [3.8, 4) is 0 Å². The van der Waals surface area contributed by atoms with E-state index in [1.807, 2.05) is 48.5 Å². The Labute approximate surface area is 128 Å². The second-order valence-corrected chi connectivity index (χ2v) is 6.70. The molecule has 0 aromatic heterocycles. The second kappa shape index (κ2) is 5.80. The van der Waals surface area contributed by atoms with E-state index in [4.69, 9.17) is 0 Å². The van der Waals surface area contributed by atoms with Crippen LogP contribution in [0.4, 0.5) is 5.69 Å². The maximum Gasteiger partial charge on any atom is 0.255 e. The Morgan fingerprint density at radius 2 is 1.50 bits per heavy atom. The number of rotatable bonds is 2. The lowest BCUT2D eigenvalue weighted by Crippen LogP contribution is -2.14. The smallest absolute Gasteiger partial charge is 0.255 e. The average Bonchev–Trinajstić information content (AvgIpc) is 2.40. The van der Waals surface area contributed by atoms with Gasteiger partial charge in [0.25, 0.3) is 5.91 Å². The molecule has 0 saturated carbocycles. The SMILES string of the molecule is CC(C)(C)c1ccc(C(=O)Nc2ccc(Br)cc2)cc1. The fourth-order valence-electron chi connectivity index (χ4n) is 1.86. The van der Waals surface area contributed by atoms with Crippen LogP contribution in [0.3, 0.4) is 0 Å². The maximum absolute atomic E-state index is 12.1. The van der Waals surface area contributed by atoms with E-state index in [-0.39, 0.29) is 11.3 Å². The van der Waals surface area contributed by atoms with E-state index in [0.717, 1.165) is 10.2 Å².